The van der Waals surface area contributed by atoms with Gasteiger partial charge in [0.1, 0.15) is 11.4 Å². The second kappa shape index (κ2) is 8.21. The fraction of sp³-hybridized carbons (Fsp3) is 0.500. The van der Waals surface area contributed by atoms with E-state index in [1.54, 1.807) is 18.6 Å². The van der Waals surface area contributed by atoms with Crippen LogP contribution in [0.1, 0.15) is 52.6 Å². The fourth-order valence-corrected chi connectivity index (χ4v) is 2.45. The van der Waals surface area contributed by atoms with Crippen LogP contribution in [-0.2, 0) is 17.6 Å². The van der Waals surface area contributed by atoms with E-state index in [-0.39, 0.29) is 0 Å². The number of carbonyl (C=O) groups excluding carboxylic acids is 1. The van der Waals surface area contributed by atoms with Gasteiger partial charge >= 0.3 is 6.09 Å². The summed E-state index contributed by atoms with van der Waals surface area (Å²) in [5, 5.41) is 3.13. The molecule has 0 atom stereocenters. The lowest BCUT2D eigenvalue weighted by Gasteiger charge is -2.20. The summed E-state index contributed by atoms with van der Waals surface area (Å²) >= 11 is 0. The van der Waals surface area contributed by atoms with Crippen LogP contribution in [0.4, 0.5) is 10.5 Å². The number of hydrogen-bond acceptors (Lipinski definition) is 5. The molecule has 0 saturated heterocycles. The van der Waals surface area contributed by atoms with Crippen molar-refractivity contribution in [2.75, 3.05) is 5.32 Å². The first-order chi connectivity index (χ1) is 12.6. The molecule has 7 heteroatoms. The second-order valence-corrected chi connectivity index (χ2v) is 7.88. The monoisotopic (exact) mass is 369 g/mol. The van der Waals surface area contributed by atoms with E-state index in [1.165, 1.54) is 4.57 Å². The topological polar surface area (TPSA) is 73.4 Å². The van der Waals surface area contributed by atoms with Crippen LogP contribution in [0.3, 0.4) is 0 Å². The van der Waals surface area contributed by atoms with E-state index in [4.69, 9.17) is 11.3 Å². The number of rotatable bonds is 6. The van der Waals surface area contributed by atoms with Crippen LogP contribution in [0.2, 0.25) is 0 Å². The zero-order valence-corrected chi connectivity index (χ0v) is 16.6. The van der Waals surface area contributed by atoms with E-state index in [1.807, 2.05) is 46.8 Å². The van der Waals surface area contributed by atoms with Gasteiger partial charge in [-0.15, -0.1) is 0 Å². The summed E-state index contributed by atoms with van der Waals surface area (Å²) in [6.45, 7) is 16.3. The molecule has 0 aliphatic carbocycles. The zero-order chi connectivity index (χ0) is 20.1. The smallest absolute Gasteiger partial charge is 0.419 e. The van der Waals surface area contributed by atoms with E-state index in [2.05, 4.69) is 20.1 Å². The summed E-state index contributed by atoms with van der Waals surface area (Å²) in [6, 6.07) is 3.87. The van der Waals surface area contributed by atoms with Gasteiger partial charge in [-0.2, -0.15) is 0 Å². The normalized spacial score (nSPS) is 11.7. The Morgan fingerprint density at radius 2 is 1.96 bits per heavy atom. The molecule has 0 aromatic carbocycles. The number of aryl methyl sites for hydroxylation is 2. The van der Waals surface area contributed by atoms with Gasteiger partial charge in [0.05, 0.1) is 11.9 Å². The number of aromatic nitrogens is 3. The van der Waals surface area contributed by atoms with Gasteiger partial charge in [0.2, 0.25) is 0 Å². The number of anilines is 1. The maximum absolute atomic E-state index is 12.2. The zero-order valence-electron chi connectivity index (χ0n) is 16.6. The third kappa shape index (κ3) is 6.41. The molecule has 0 aliphatic rings. The third-order valence-corrected chi connectivity index (χ3v) is 3.70. The van der Waals surface area contributed by atoms with E-state index < -0.39 is 17.4 Å². The van der Waals surface area contributed by atoms with Gasteiger partial charge in [-0.3, -0.25) is 9.83 Å². The highest BCUT2D eigenvalue weighted by molar-refractivity contribution is 5.71. The summed E-state index contributed by atoms with van der Waals surface area (Å²) in [4.78, 5) is 24.4. The number of nitrogens with one attached hydrogen (secondary N) is 1. The first-order valence-corrected chi connectivity index (χ1v) is 8.97. The average Bonchev–Trinajstić information content (AvgIpc) is 3.03. The lowest BCUT2D eigenvalue weighted by Crippen LogP contribution is -2.27. The van der Waals surface area contributed by atoms with Gasteiger partial charge < -0.3 is 10.1 Å². The molecule has 27 heavy (non-hydrogen) atoms. The van der Waals surface area contributed by atoms with E-state index in [0.29, 0.717) is 12.2 Å². The maximum Gasteiger partial charge on any atom is 0.419 e. The van der Waals surface area contributed by atoms with Crippen LogP contribution in [0.5, 0.6) is 0 Å². The van der Waals surface area contributed by atoms with Crippen LogP contribution >= 0.6 is 0 Å². The molecule has 0 radical (unpaired) electrons. The molecular formula is C20H27N5O2. The summed E-state index contributed by atoms with van der Waals surface area (Å²) in [5.74, 6) is 0.682. The van der Waals surface area contributed by atoms with Gasteiger partial charge in [-0.25, -0.2) is 20.9 Å². The van der Waals surface area contributed by atoms with Crippen LogP contribution < -0.4 is 5.32 Å². The van der Waals surface area contributed by atoms with Crippen LogP contribution in [0.15, 0.2) is 30.7 Å². The first kappa shape index (κ1) is 20.4. The molecule has 0 aliphatic heterocycles. The molecule has 144 valence electrons. The Labute approximate surface area is 160 Å². The van der Waals surface area contributed by atoms with Crippen molar-refractivity contribution in [1.29, 1.82) is 0 Å². The number of pyridine rings is 1. The van der Waals surface area contributed by atoms with Crippen molar-refractivity contribution in [1.82, 2.24) is 14.5 Å². The minimum Gasteiger partial charge on any atom is -0.443 e. The van der Waals surface area contributed by atoms with Crippen molar-refractivity contribution in [3.63, 3.8) is 0 Å². The van der Waals surface area contributed by atoms with E-state index in [0.717, 1.165) is 24.2 Å². The van der Waals surface area contributed by atoms with Crippen LogP contribution in [0, 0.1) is 6.57 Å². The van der Waals surface area contributed by atoms with Crippen molar-refractivity contribution < 1.29 is 9.53 Å². The summed E-state index contributed by atoms with van der Waals surface area (Å²) in [6.07, 6.45) is 6.80. The highest BCUT2D eigenvalue weighted by atomic mass is 16.6. The van der Waals surface area contributed by atoms with E-state index >= 15 is 0 Å². The Balaban J connectivity index is 1.90. The fourth-order valence-electron chi connectivity index (χ4n) is 2.45. The molecule has 0 spiro atoms. The predicted molar refractivity (Wildman–Crippen MR) is 104 cm³/mol. The van der Waals surface area contributed by atoms with Gasteiger partial charge in [-0.05, 0) is 45.7 Å². The number of ether oxygens (including phenoxy) is 1. The van der Waals surface area contributed by atoms with Crippen molar-refractivity contribution in [3.05, 3.63) is 53.7 Å². The Morgan fingerprint density at radius 1 is 1.22 bits per heavy atom. The summed E-state index contributed by atoms with van der Waals surface area (Å²) in [5.41, 5.74) is 0.582. The molecule has 0 unspecified atom stereocenters. The number of nitrogens with zero attached hydrogens (tertiary/aromatic N) is 4. The molecular weight excluding hydrogens is 342 g/mol. The highest BCUT2D eigenvalue weighted by Gasteiger charge is 2.22. The Hall–Kier alpha value is -2.88. The largest absolute Gasteiger partial charge is 0.443 e. The van der Waals surface area contributed by atoms with Gasteiger partial charge in [0.15, 0.2) is 0 Å². The standard InChI is InChI=1S/C20H27N5O2/c1-19(2,3)27-18(26)25-13-12-22-17(25)9-7-8-15-10-11-16(14-23-15)24-20(4,5)21-6/h10-14,24H,7-9H2,1-5H3. The number of imidazole rings is 1. The minimum atomic E-state index is -0.651. The third-order valence-electron chi connectivity index (χ3n) is 3.70. The Morgan fingerprint density at radius 3 is 2.56 bits per heavy atom. The molecule has 2 rings (SSSR count). The molecule has 2 aromatic rings. The second-order valence-electron chi connectivity index (χ2n) is 7.88. The molecule has 7 nitrogen and oxygen atoms in total. The van der Waals surface area contributed by atoms with E-state index in [9.17, 15) is 4.79 Å². The molecule has 0 amide bonds. The average molecular weight is 369 g/mol. The number of carbonyl (C=O) groups is 1. The van der Waals surface area contributed by atoms with Gasteiger partial charge in [0, 0.05) is 38.4 Å². The van der Waals surface area contributed by atoms with Crippen LogP contribution in [-0.4, -0.2) is 31.9 Å². The Bertz CT molecular complexity index is 810. The number of hydrogen-bond donors (Lipinski definition) is 1. The molecule has 0 bridgehead atoms. The first-order valence-electron chi connectivity index (χ1n) is 8.97. The molecule has 2 heterocycles. The predicted octanol–water partition coefficient (Wildman–Crippen LogP) is 4.30. The lowest BCUT2D eigenvalue weighted by molar-refractivity contribution is 0.0531. The maximum atomic E-state index is 12.2. The van der Waals surface area contributed by atoms with Crippen LogP contribution in [0.25, 0.3) is 4.85 Å². The lowest BCUT2D eigenvalue weighted by atomic mass is 10.1. The molecule has 0 saturated carbocycles. The van der Waals surface area contributed by atoms with Crippen molar-refractivity contribution in [2.24, 2.45) is 0 Å². The molecule has 1 N–H and O–H groups in total. The molecule has 2 aromatic heterocycles. The van der Waals surface area contributed by atoms with Crippen molar-refractivity contribution >= 4 is 11.8 Å². The van der Waals surface area contributed by atoms with Crippen molar-refractivity contribution in [2.45, 2.75) is 65.1 Å². The quantitative estimate of drug-likeness (QED) is 0.768. The SMILES string of the molecule is [C-]#[N+]C(C)(C)Nc1ccc(CCCc2nccn2C(=O)OC(C)(C)C)nc1. The summed E-state index contributed by atoms with van der Waals surface area (Å²) < 4.78 is 6.85. The summed E-state index contributed by atoms with van der Waals surface area (Å²) in [7, 11) is 0. The minimum absolute atomic E-state index is 0.411. The molecule has 0 fully saturated rings. The highest BCUT2D eigenvalue weighted by Crippen LogP contribution is 2.16. The van der Waals surface area contributed by atoms with Crippen molar-refractivity contribution in [3.8, 4) is 0 Å². The van der Waals surface area contributed by atoms with Gasteiger partial charge in [0.25, 0.3) is 5.66 Å². The van der Waals surface area contributed by atoms with Gasteiger partial charge in [-0.1, -0.05) is 0 Å². The Kier molecular flexibility index (Phi) is 6.21.